The molecule has 3 heteroatoms. The van der Waals surface area contributed by atoms with Crippen LogP contribution in [0.25, 0.3) is 0 Å². The lowest BCUT2D eigenvalue weighted by Crippen LogP contribution is -2.48. The zero-order valence-corrected chi connectivity index (χ0v) is 10.8. The summed E-state index contributed by atoms with van der Waals surface area (Å²) in [5, 5.41) is 0. The Bertz CT molecular complexity index is 222. The molecule has 1 rings (SSSR count). The number of carbonyl (C=O) groups excluding carboxylic acids is 1. The molecule has 0 unspecified atom stereocenters. The van der Waals surface area contributed by atoms with Crippen molar-refractivity contribution in [2.75, 3.05) is 20.1 Å². The maximum absolute atomic E-state index is 12.4. The van der Waals surface area contributed by atoms with E-state index in [-0.39, 0.29) is 11.3 Å². The summed E-state index contributed by atoms with van der Waals surface area (Å²) in [5.74, 6) is 0.281. The molecular weight excluding hydrogens is 200 g/mol. The Hall–Kier alpha value is -0.570. The van der Waals surface area contributed by atoms with Gasteiger partial charge in [0.05, 0.1) is 5.41 Å². The van der Waals surface area contributed by atoms with E-state index in [1.54, 1.807) is 0 Å². The monoisotopic (exact) mass is 226 g/mol. The third-order valence-corrected chi connectivity index (χ3v) is 3.85. The number of rotatable bonds is 5. The summed E-state index contributed by atoms with van der Waals surface area (Å²) in [7, 11) is 1.92. The van der Waals surface area contributed by atoms with Crippen LogP contribution in [0.5, 0.6) is 0 Å². The average Bonchev–Trinajstić information content (AvgIpc) is 2.35. The Balaban J connectivity index is 2.60. The van der Waals surface area contributed by atoms with Crippen LogP contribution in [0.2, 0.25) is 0 Å². The lowest BCUT2D eigenvalue weighted by Gasteiger charge is -2.37. The molecule has 1 aliphatic rings. The molecule has 0 aromatic rings. The van der Waals surface area contributed by atoms with E-state index in [0.717, 1.165) is 45.1 Å². The van der Waals surface area contributed by atoms with E-state index >= 15 is 0 Å². The second kappa shape index (κ2) is 6.24. The summed E-state index contributed by atoms with van der Waals surface area (Å²) in [6.07, 6.45) is 7.76. The maximum Gasteiger partial charge on any atom is 0.229 e. The molecule has 2 N–H and O–H groups in total. The van der Waals surface area contributed by atoms with Crippen LogP contribution in [0.3, 0.4) is 0 Å². The minimum absolute atomic E-state index is 0.235. The molecule has 0 aromatic heterocycles. The molecule has 1 amide bonds. The summed E-state index contributed by atoms with van der Waals surface area (Å²) < 4.78 is 0. The van der Waals surface area contributed by atoms with Gasteiger partial charge < -0.3 is 10.6 Å². The molecule has 94 valence electrons. The summed E-state index contributed by atoms with van der Waals surface area (Å²) in [6, 6.07) is 0. The highest BCUT2D eigenvalue weighted by atomic mass is 16.2. The fourth-order valence-electron chi connectivity index (χ4n) is 2.64. The zero-order valence-electron chi connectivity index (χ0n) is 10.8. The van der Waals surface area contributed by atoms with E-state index in [0.29, 0.717) is 6.54 Å². The Morgan fingerprint density at radius 1 is 1.31 bits per heavy atom. The topological polar surface area (TPSA) is 46.3 Å². The van der Waals surface area contributed by atoms with Gasteiger partial charge in [-0.25, -0.2) is 0 Å². The van der Waals surface area contributed by atoms with Gasteiger partial charge in [-0.2, -0.15) is 0 Å². The number of nitrogens with zero attached hydrogens (tertiary/aromatic N) is 1. The SMILES string of the molecule is CCCCN(C)C(=O)C1(CN)CCCCC1. The van der Waals surface area contributed by atoms with E-state index in [1.807, 2.05) is 11.9 Å². The number of amides is 1. The molecule has 0 aromatic carbocycles. The molecule has 0 saturated heterocycles. The first kappa shape index (κ1) is 13.5. The smallest absolute Gasteiger partial charge is 0.229 e. The van der Waals surface area contributed by atoms with Crippen LogP contribution in [0.15, 0.2) is 0 Å². The second-order valence-electron chi connectivity index (χ2n) is 5.13. The van der Waals surface area contributed by atoms with Crippen LogP contribution >= 0.6 is 0 Å². The zero-order chi connectivity index (χ0) is 12.0. The lowest BCUT2D eigenvalue weighted by atomic mass is 9.73. The summed E-state index contributed by atoms with van der Waals surface area (Å²) in [6.45, 7) is 3.54. The molecule has 3 nitrogen and oxygen atoms in total. The number of unbranched alkanes of at least 4 members (excludes halogenated alkanes) is 1. The van der Waals surface area contributed by atoms with Gasteiger partial charge in [0, 0.05) is 20.1 Å². The minimum Gasteiger partial charge on any atom is -0.345 e. The van der Waals surface area contributed by atoms with Gasteiger partial charge in [-0.15, -0.1) is 0 Å². The number of carbonyl (C=O) groups is 1. The Morgan fingerprint density at radius 2 is 1.94 bits per heavy atom. The van der Waals surface area contributed by atoms with Gasteiger partial charge in [-0.1, -0.05) is 32.6 Å². The maximum atomic E-state index is 12.4. The third-order valence-electron chi connectivity index (χ3n) is 3.85. The minimum atomic E-state index is -0.235. The molecule has 0 heterocycles. The fourth-order valence-corrected chi connectivity index (χ4v) is 2.64. The van der Waals surface area contributed by atoms with Gasteiger partial charge in [-0.3, -0.25) is 4.79 Å². The first-order valence-corrected chi connectivity index (χ1v) is 6.62. The van der Waals surface area contributed by atoms with Crippen molar-refractivity contribution < 1.29 is 4.79 Å². The van der Waals surface area contributed by atoms with Gasteiger partial charge in [-0.05, 0) is 19.3 Å². The predicted octanol–water partition coefficient (Wildman–Crippen LogP) is 2.15. The van der Waals surface area contributed by atoms with Crippen molar-refractivity contribution in [3.63, 3.8) is 0 Å². The van der Waals surface area contributed by atoms with Crippen LogP contribution < -0.4 is 5.73 Å². The molecule has 1 saturated carbocycles. The average molecular weight is 226 g/mol. The van der Waals surface area contributed by atoms with E-state index in [2.05, 4.69) is 6.92 Å². The van der Waals surface area contributed by atoms with E-state index in [1.165, 1.54) is 6.42 Å². The van der Waals surface area contributed by atoms with Crippen molar-refractivity contribution in [3.8, 4) is 0 Å². The van der Waals surface area contributed by atoms with E-state index in [4.69, 9.17) is 5.73 Å². The standard InChI is InChI=1S/C13H26N2O/c1-3-4-10-15(2)12(16)13(11-14)8-6-5-7-9-13/h3-11,14H2,1-2H3. The van der Waals surface area contributed by atoms with Crippen molar-refractivity contribution in [2.45, 2.75) is 51.9 Å². The molecule has 16 heavy (non-hydrogen) atoms. The van der Waals surface area contributed by atoms with Gasteiger partial charge >= 0.3 is 0 Å². The molecule has 0 atom stereocenters. The van der Waals surface area contributed by atoms with Crippen LogP contribution in [0.1, 0.15) is 51.9 Å². The Morgan fingerprint density at radius 3 is 2.44 bits per heavy atom. The van der Waals surface area contributed by atoms with E-state index in [9.17, 15) is 4.79 Å². The highest BCUT2D eigenvalue weighted by Crippen LogP contribution is 2.36. The number of hydrogen-bond donors (Lipinski definition) is 1. The lowest BCUT2D eigenvalue weighted by molar-refractivity contribution is -0.142. The summed E-state index contributed by atoms with van der Waals surface area (Å²) in [5.41, 5.74) is 5.62. The van der Waals surface area contributed by atoms with Crippen LogP contribution in [0, 0.1) is 5.41 Å². The third kappa shape index (κ3) is 2.97. The number of nitrogens with two attached hydrogens (primary N) is 1. The molecule has 0 aliphatic heterocycles. The molecule has 1 fully saturated rings. The van der Waals surface area contributed by atoms with Crippen molar-refractivity contribution in [3.05, 3.63) is 0 Å². The molecule has 1 aliphatic carbocycles. The van der Waals surface area contributed by atoms with Crippen LogP contribution in [-0.4, -0.2) is 30.9 Å². The predicted molar refractivity (Wildman–Crippen MR) is 67.1 cm³/mol. The first-order chi connectivity index (χ1) is 7.66. The Kier molecular flexibility index (Phi) is 5.26. The van der Waals surface area contributed by atoms with Crippen molar-refractivity contribution in [1.29, 1.82) is 0 Å². The highest BCUT2D eigenvalue weighted by Gasteiger charge is 2.39. The number of hydrogen-bond acceptors (Lipinski definition) is 2. The first-order valence-electron chi connectivity index (χ1n) is 6.62. The normalized spacial score (nSPS) is 19.4. The highest BCUT2D eigenvalue weighted by molar-refractivity contribution is 5.82. The molecule has 0 bridgehead atoms. The summed E-state index contributed by atoms with van der Waals surface area (Å²) in [4.78, 5) is 14.3. The quantitative estimate of drug-likeness (QED) is 0.781. The van der Waals surface area contributed by atoms with Crippen molar-refractivity contribution in [1.82, 2.24) is 4.90 Å². The molecule has 0 spiro atoms. The van der Waals surface area contributed by atoms with Gasteiger partial charge in [0.2, 0.25) is 5.91 Å². The molecular formula is C13H26N2O. The largest absolute Gasteiger partial charge is 0.345 e. The fraction of sp³-hybridized carbons (Fsp3) is 0.923. The van der Waals surface area contributed by atoms with Gasteiger partial charge in [0.15, 0.2) is 0 Å². The van der Waals surface area contributed by atoms with Gasteiger partial charge in [0.25, 0.3) is 0 Å². The second-order valence-corrected chi connectivity index (χ2v) is 5.13. The van der Waals surface area contributed by atoms with Crippen molar-refractivity contribution >= 4 is 5.91 Å². The van der Waals surface area contributed by atoms with Crippen molar-refractivity contribution in [2.24, 2.45) is 11.1 Å². The van der Waals surface area contributed by atoms with E-state index < -0.39 is 0 Å². The van der Waals surface area contributed by atoms with Gasteiger partial charge in [0.1, 0.15) is 0 Å². The Labute approximate surface area is 99.4 Å². The summed E-state index contributed by atoms with van der Waals surface area (Å²) >= 11 is 0. The molecule has 0 radical (unpaired) electrons. The van der Waals surface area contributed by atoms with Crippen LogP contribution in [0.4, 0.5) is 0 Å². The van der Waals surface area contributed by atoms with Crippen LogP contribution in [-0.2, 0) is 4.79 Å².